The molecule has 4 aromatic rings. The number of aromatic nitrogens is 4. The zero-order valence-corrected chi connectivity index (χ0v) is 14.5. The molecule has 6 heteroatoms. The summed E-state index contributed by atoms with van der Waals surface area (Å²) in [7, 11) is 0. The molecular weight excluding hydrogens is 326 g/mol. The minimum absolute atomic E-state index is 0.0430. The fourth-order valence-electron chi connectivity index (χ4n) is 2.90. The summed E-state index contributed by atoms with van der Waals surface area (Å²) < 4.78 is 2.00. The second kappa shape index (κ2) is 6.40. The molecule has 26 heavy (non-hydrogen) atoms. The summed E-state index contributed by atoms with van der Waals surface area (Å²) in [5, 5.41) is 3.23. The highest BCUT2D eigenvalue weighted by atomic mass is 16.1. The molecule has 0 aliphatic carbocycles. The summed E-state index contributed by atoms with van der Waals surface area (Å²) >= 11 is 0. The van der Waals surface area contributed by atoms with Crippen LogP contribution in [0.1, 0.15) is 23.0 Å². The second-order valence-electron chi connectivity index (χ2n) is 6.02. The van der Waals surface area contributed by atoms with Crippen molar-refractivity contribution in [2.75, 3.05) is 5.32 Å². The number of imidazole rings is 1. The van der Waals surface area contributed by atoms with Crippen molar-refractivity contribution in [3.05, 3.63) is 72.3 Å². The van der Waals surface area contributed by atoms with Crippen molar-refractivity contribution in [2.45, 2.75) is 13.8 Å². The molecule has 0 unspecified atom stereocenters. The summed E-state index contributed by atoms with van der Waals surface area (Å²) in [6.07, 6.45) is 5.36. The number of aryl methyl sites for hydroxylation is 1. The molecule has 128 valence electrons. The van der Waals surface area contributed by atoms with E-state index in [-0.39, 0.29) is 5.78 Å². The fraction of sp³-hybridized carbons (Fsp3) is 0.100. The predicted octanol–water partition coefficient (Wildman–Crippen LogP) is 4.05. The zero-order valence-electron chi connectivity index (χ0n) is 14.5. The normalized spacial score (nSPS) is 10.8. The van der Waals surface area contributed by atoms with Gasteiger partial charge < -0.3 is 5.32 Å². The van der Waals surface area contributed by atoms with Crippen LogP contribution in [0.3, 0.4) is 0 Å². The monoisotopic (exact) mass is 343 g/mol. The van der Waals surface area contributed by atoms with Crippen LogP contribution in [0.25, 0.3) is 17.0 Å². The zero-order chi connectivity index (χ0) is 18.1. The Balaban J connectivity index is 1.68. The average Bonchev–Trinajstić information content (AvgIpc) is 2.98. The first-order valence-electron chi connectivity index (χ1n) is 8.26. The van der Waals surface area contributed by atoms with E-state index in [1.807, 2.05) is 47.9 Å². The standard InChI is InChI=1S/C20H17N5O/c1-13-20(25-10-4-3-5-19(25)22-13)17-11-21-12-18(24-17)23-16-8-6-15(7-9-16)14(2)26/h3-12H,1-2H3,(H,23,24). The predicted molar refractivity (Wildman–Crippen MR) is 101 cm³/mol. The third kappa shape index (κ3) is 2.93. The number of hydrogen-bond acceptors (Lipinski definition) is 5. The number of carbonyl (C=O) groups is 1. The lowest BCUT2D eigenvalue weighted by molar-refractivity contribution is 0.101. The van der Waals surface area contributed by atoms with Gasteiger partial charge in [-0.15, -0.1) is 0 Å². The van der Waals surface area contributed by atoms with Crippen molar-refractivity contribution in [3.63, 3.8) is 0 Å². The summed E-state index contributed by atoms with van der Waals surface area (Å²) in [4.78, 5) is 24.9. The Morgan fingerprint density at radius 3 is 2.62 bits per heavy atom. The molecule has 0 spiro atoms. The number of nitrogens with one attached hydrogen (secondary N) is 1. The number of carbonyl (C=O) groups excluding carboxylic acids is 1. The first-order valence-corrected chi connectivity index (χ1v) is 8.26. The SMILES string of the molecule is CC(=O)c1ccc(Nc2cncc(-c3c(C)nc4ccccn34)n2)cc1. The van der Waals surface area contributed by atoms with E-state index >= 15 is 0 Å². The number of nitrogens with zero attached hydrogens (tertiary/aromatic N) is 4. The molecule has 0 amide bonds. The first-order chi connectivity index (χ1) is 12.6. The van der Waals surface area contributed by atoms with Gasteiger partial charge in [0.15, 0.2) is 5.78 Å². The highest BCUT2D eigenvalue weighted by Crippen LogP contribution is 2.24. The largest absolute Gasteiger partial charge is 0.339 e. The van der Waals surface area contributed by atoms with Gasteiger partial charge in [0.1, 0.15) is 17.2 Å². The average molecular weight is 343 g/mol. The van der Waals surface area contributed by atoms with E-state index in [1.54, 1.807) is 31.5 Å². The van der Waals surface area contributed by atoms with Gasteiger partial charge in [-0.3, -0.25) is 14.2 Å². The minimum atomic E-state index is 0.0430. The lowest BCUT2D eigenvalue weighted by atomic mass is 10.1. The minimum Gasteiger partial charge on any atom is -0.339 e. The maximum absolute atomic E-state index is 11.4. The number of ketones is 1. The van der Waals surface area contributed by atoms with Crippen LogP contribution in [-0.2, 0) is 0 Å². The molecule has 0 aliphatic rings. The molecule has 3 aromatic heterocycles. The van der Waals surface area contributed by atoms with Gasteiger partial charge in [0.25, 0.3) is 0 Å². The molecule has 0 bridgehead atoms. The maximum Gasteiger partial charge on any atom is 0.159 e. The third-order valence-electron chi connectivity index (χ3n) is 4.15. The number of hydrogen-bond donors (Lipinski definition) is 1. The first kappa shape index (κ1) is 16.0. The van der Waals surface area contributed by atoms with Gasteiger partial charge >= 0.3 is 0 Å². The van der Waals surface area contributed by atoms with Crippen LogP contribution in [0.4, 0.5) is 11.5 Å². The van der Waals surface area contributed by atoms with Crippen LogP contribution >= 0.6 is 0 Å². The molecule has 0 saturated carbocycles. The van der Waals surface area contributed by atoms with Gasteiger partial charge in [0.2, 0.25) is 0 Å². The molecule has 1 aromatic carbocycles. The number of benzene rings is 1. The van der Waals surface area contributed by atoms with Crippen LogP contribution in [0.5, 0.6) is 0 Å². The Labute approximate surface area is 150 Å². The Kier molecular flexibility index (Phi) is 3.93. The molecule has 0 radical (unpaired) electrons. The van der Waals surface area contributed by atoms with E-state index in [9.17, 15) is 4.79 Å². The molecule has 0 saturated heterocycles. The third-order valence-corrected chi connectivity index (χ3v) is 4.15. The molecule has 4 rings (SSSR count). The number of anilines is 2. The van der Waals surface area contributed by atoms with Crippen LogP contribution < -0.4 is 5.32 Å². The van der Waals surface area contributed by atoms with Crippen molar-refractivity contribution in [2.24, 2.45) is 0 Å². The van der Waals surface area contributed by atoms with Crippen LogP contribution in [0.2, 0.25) is 0 Å². The molecule has 3 heterocycles. The van der Waals surface area contributed by atoms with Crippen LogP contribution in [-0.4, -0.2) is 25.1 Å². The molecule has 0 fully saturated rings. The topological polar surface area (TPSA) is 72.2 Å². The summed E-state index contributed by atoms with van der Waals surface area (Å²) in [6.45, 7) is 3.51. The lowest BCUT2D eigenvalue weighted by Crippen LogP contribution is -1.99. The van der Waals surface area contributed by atoms with Crippen molar-refractivity contribution < 1.29 is 4.79 Å². The van der Waals surface area contributed by atoms with Gasteiger partial charge in [-0.25, -0.2) is 9.97 Å². The van der Waals surface area contributed by atoms with E-state index < -0.39 is 0 Å². The lowest BCUT2D eigenvalue weighted by Gasteiger charge is -2.08. The fourth-order valence-corrected chi connectivity index (χ4v) is 2.90. The number of rotatable bonds is 4. The molecule has 1 N–H and O–H groups in total. The smallest absolute Gasteiger partial charge is 0.159 e. The van der Waals surface area contributed by atoms with Gasteiger partial charge in [0.05, 0.1) is 23.8 Å². The summed E-state index contributed by atoms with van der Waals surface area (Å²) in [6, 6.07) is 13.2. The summed E-state index contributed by atoms with van der Waals surface area (Å²) in [5.74, 6) is 0.671. The van der Waals surface area contributed by atoms with Crippen molar-refractivity contribution in [1.82, 2.24) is 19.4 Å². The van der Waals surface area contributed by atoms with E-state index in [1.165, 1.54) is 0 Å². The van der Waals surface area contributed by atoms with Gasteiger partial charge in [-0.1, -0.05) is 6.07 Å². The van der Waals surface area contributed by atoms with Gasteiger partial charge in [-0.05, 0) is 50.2 Å². The van der Waals surface area contributed by atoms with Crippen LogP contribution in [0, 0.1) is 6.92 Å². The highest BCUT2D eigenvalue weighted by Gasteiger charge is 2.13. The van der Waals surface area contributed by atoms with Crippen LogP contribution in [0.15, 0.2) is 61.1 Å². The Morgan fingerprint density at radius 1 is 1.04 bits per heavy atom. The van der Waals surface area contributed by atoms with E-state index in [4.69, 9.17) is 0 Å². The highest BCUT2D eigenvalue weighted by molar-refractivity contribution is 5.94. The number of fused-ring (bicyclic) bond motifs is 1. The van der Waals surface area contributed by atoms with E-state index in [0.29, 0.717) is 11.4 Å². The Bertz CT molecular complexity index is 1100. The van der Waals surface area contributed by atoms with Gasteiger partial charge in [0, 0.05) is 17.4 Å². The number of pyridine rings is 1. The van der Waals surface area contributed by atoms with Crippen molar-refractivity contribution in [3.8, 4) is 11.4 Å². The molecule has 0 aliphatic heterocycles. The molecule has 0 atom stereocenters. The maximum atomic E-state index is 11.4. The molecule has 6 nitrogen and oxygen atoms in total. The van der Waals surface area contributed by atoms with Gasteiger partial charge in [-0.2, -0.15) is 0 Å². The molecular formula is C20H17N5O. The van der Waals surface area contributed by atoms with E-state index in [0.717, 1.165) is 28.4 Å². The van der Waals surface area contributed by atoms with Crippen molar-refractivity contribution >= 4 is 22.9 Å². The number of Topliss-reactive ketones (excluding diaryl/α,β-unsaturated/α-hetero) is 1. The summed E-state index contributed by atoms with van der Waals surface area (Å²) in [5.41, 5.74) is 4.96. The quantitative estimate of drug-likeness (QED) is 0.566. The Morgan fingerprint density at radius 2 is 1.85 bits per heavy atom. The Hall–Kier alpha value is -3.54. The second-order valence-corrected chi connectivity index (χ2v) is 6.02. The van der Waals surface area contributed by atoms with Crippen molar-refractivity contribution in [1.29, 1.82) is 0 Å². The van der Waals surface area contributed by atoms with E-state index in [2.05, 4.69) is 20.3 Å².